The average molecular weight is 884 g/mol. The third kappa shape index (κ3) is 5.98. The molecular weight excluding hydrogens is 843 g/mol. The van der Waals surface area contributed by atoms with Crippen LogP contribution in [0, 0.1) is 0 Å². The van der Waals surface area contributed by atoms with Crippen LogP contribution in [0.4, 0.5) is 17.1 Å². The minimum Gasteiger partial charge on any atom is -0.310 e. The first-order valence-electron chi connectivity index (χ1n) is 23.3. The van der Waals surface area contributed by atoms with Crippen LogP contribution < -0.4 is 4.90 Å². The maximum atomic E-state index is 2.48. The fraction of sp³-hybridized carbons (Fsp3) is 0. The molecule has 0 N–H and O–H groups in total. The molecule has 3 nitrogen and oxygen atoms in total. The van der Waals surface area contributed by atoms with E-state index in [1.54, 1.807) is 0 Å². The van der Waals surface area contributed by atoms with E-state index in [0.717, 1.165) is 34.0 Å². The standard InChI is InChI=1S/C64H41N3S/c1-2-17-44-40-45(33-32-42(44)16-1)50-38-39-61(63-55-25-8-14-31-62(55)68-64(50)63)65(47-18-15-19-48(41-47)66-57-27-10-4-21-51(57)52-22-5-11-28-58(52)66)46-36-34-43(35-37-46)49-20-3-9-26-56(49)67-59-29-12-6-23-53(59)54-24-7-13-30-60(54)67/h1-41H. The number of hydrogen-bond acceptors (Lipinski definition) is 2. The summed E-state index contributed by atoms with van der Waals surface area (Å²) in [7, 11) is 0. The van der Waals surface area contributed by atoms with E-state index in [9.17, 15) is 0 Å². The first kappa shape index (κ1) is 38.6. The lowest BCUT2D eigenvalue weighted by molar-refractivity contribution is 1.17. The highest BCUT2D eigenvalue weighted by molar-refractivity contribution is 7.26. The van der Waals surface area contributed by atoms with Crippen molar-refractivity contribution in [2.24, 2.45) is 0 Å². The summed E-state index contributed by atoms with van der Waals surface area (Å²) in [5, 5.41) is 10.00. The number of thiophene rings is 1. The van der Waals surface area contributed by atoms with Crippen molar-refractivity contribution in [2.45, 2.75) is 0 Å². The van der Waals surface area contributed by atoms with Gasteiger partial charge in [-0.2, -0.15) is 0 Å². The Kier molecular flexibility index (Phi) is 8.76. The van der Waals surface area contributed by atoms with Gasteiger partial charge in [-0.05, 0) is 106 Å². The van der Waals surface area contributed by atoms with Crippen LogP contribution in [0.5, 0.6) is 0 Å². The Labute approximate surface area is 397 Å². The molecule has 0 fully saturated rings. The summed E-state index contributed by atoms with van der Waals surface area (Å²) in [5.41, 5.74) is 15.1. The number of para-hydroxylation sites is 5. The molecule has 0 spiro atoms. The molecule has 0 unspecified atom stereocenters. The molecule has 14 aromatic rings. The van der Waals surface area contributed by atoms with Crippen molar-refractivity contribution in [3.05, 3.63) is 249 Å². The second kappa shape index (κ2) is 15.5. The van der Waals surface area contributed by atoms with Crippen LogP contribution in [0.3, 0.4) is 0 Å². The van der Waals surface area contributed by atoms with E-state index in [4.69, 9.17) is 0 Å². The summed E-state index contributed by atoms with van der Waals surface area (Å²) in [4.78, 5) is 2.48. The Morgan fingerprint density at radius 2 is 0.897 bits per heavy atom. The van der Waals surface area contributed by atoms with Crippen LogP contribution in [-0.4, -0.2) is 9.13 Å². The fourth-order valence-corrected chi connectivity index (χ4v) is 12.1. The quantitative estimate of drug-likeness (QED) is 0.155. The molecule has 11 aromatic carbocycles. The second-order valence-corrected chi connectivity index (χ2v) is 18.7. The van der Waals surface area contributed by atoms with Crippen LogP contribution in [0.15, 0.2) is 249 Å². The number of fused-ring (bicyclic) bond motifs is 10. The van der Waals surface area contributed by atoms with Crippen molar-refractivity contribution in [1.29, 1.82) is 0 Å². The van der Waals surface area contributed by atoms with Gasteiger partial charge in [-0.1, -0.05) is 170 Å². The molecule has 0 amide bonds. The number of aromatic nitrogens is 2. The predicted molar refractivity (Wildman–Crippen MR) is 291 cm³/mol. The van der Waals surface area contributed by atoms with Gasteiger partial charge in [0.05, 0.1) is 33.4 Å². The van der Waals surface area contributed by atoms with Gasteiger partial charge in [-0.25, -0.2) is 0 Å². The third-order valence-corrected chi connectivity index (χ3v) is 15.1. The highest BCUT2D eigenvalue weighted by Gasteiger charge is 2.23. The minimum atomic E-state index is 1.08. The largest absolute Gasteiger partial charge is 0.310 e. The zero-order valence-corrected chi connectivity index (χ0v) is 37.7. The van der Waals surface area contributed by atoms with Crippen molar-refractivity contribution in [3.8, 4) is 33.6 Å². The highest BCUT2D eigenvalue weighted by Crippen LogP contribution is 2.49. The number of rotatable bonds is 7. The number of benzene rings is 11. The van der Waals surface area contributed by atoms with Gasteiger partial charge in [0, 0.05) is 64.3 Å². The van der Waals surface area contributed by atoms with Gasteiger partial charge in [0.2, 0.25) is 0 Å². The van der Waals surface area contributed by atoms with Gasteiger partial charge >= 0.3 is 0 Å². The SMILES string of the molecule is c1cc(N(c2ccc(-c3ccccc3-n3c4ccccc4c4ccccc43)cc2)c2ccc(-c3ccc4ccccc4c3)c3sc4ccccc4c23)cc(-n2c3ccccc3c3ccccc32)c1. The molecule has 0 atom stereocenters. The Balaban J connectivity index is 0.985. The molecule has 0 saturated carbocycles. The van der Waals surface area contributed by atoms with Gasteiger partial charge in [0.1, 0.15) is 0 Å². The highest BCUT2D eigenvalue weighted by atomic mass is 32.1. The van der Waals surface area contributed by atoms with E-state index in [0.29, 0.717) is 0 Å². The third-order valence-electron chi connectivity index (χ3n) is 13.9. The summed E-state index contributed by atoms with van der Waals surface area (Å²) in [6.07, 6.45) is 0. The first-order chi connectivity index (χ1) is 33.7. The van der Waals surface area contributed by atoms with Crippen molar-refractivity contribution in [3.63, 3.8) is 0 Å². The monoisotopic (exact) mass is 883 g/mol. The minimum absolute atomic E-state index is 1.08. The summed E-state index contributed by atoms with van der Waals surface area (Å²) in [5.74, 6) is 0. The molecule has 0 saturated heterocycles. The van der Waals surface area contributed by atoms with E-state index in [1.807, 2.05) is 11.3 Å². The molecule has 0 radical (unpaired) electrons. The lowest BCUT2D eigenvalue weighted by Gasteiger charge is -2.28. The Morgan fingerprint density at radius 3 is 1.59 bits per heavy atom. The number of nitrogens with zero attached hydrogens (tertiary/aromatic N) is 3. The molecule has 0 bridgehead atoms. The normalized spacial score (nSPS) is 11.8. The Bertz CT molecular complexity index is 4180. The maximum absolute atomic E-state index is 2.48. The van der Waals surface area contributed by atoms with Crippen molar-refractivity contribution < 1.29 is 0 Å². The molecule has 3 aromatic heterocycles. The Hall–Kier alpha value is -8.70. The zero-order chi connectivity index (χ0) is 44.7. The smallest absolute Gasteiger partial charge is 0.0555 e. The van der Waals surface area contributed by atoms with Gasteiger partial charge < -0.3 is 14.0 Å². The molecule has 14 rings (SSSR count). The predicted octanol–water partition coefficient (Wildman–Crippen LogP) is 18.2. The van der Waals surface area contributed by atoms with Gasteiger partial charge in [-0.3, -0.25) is 0 Å². The van der Waals surface area contributed by atoms with E-state index in [-0.39, 0.29) is 0 Å². The van der Waals surface area contributed by atoms with Crippen LogP contribution in [0.25, 0.3) is 108 Å². The molecule has 0 aliphatic carbocycles. The second-order valence-electron chi connectivity index (χ2n) is 17.7. The molecular formula is C64H41N3S. The summed E-state index contributed by atoms with van der Waals surface area (Å²) >= 11 is 1.88. The molecule has 4 heteroatoms. The fourth-order valence-electron chi connectivity index (χ4n) is 10.9. The van der Waals surface area contributed by atoms with Crippen LogP contribution in [0.2, 0.25) is 0 Å². The first-order valence-corrected chi connectivity index (χ1v) is 24.1. The van der Waals surface area contributed by atoms with Gasteiger partial charge in [0.25, 0.3) is 0 Å². The average Bonchev–Trinajstić information content (AvgIpc) is 4.08. The lowest BCUT2D eigenvalue weighted by atomic mass is 9.97. The van der Waals surface area contributed by atoms with E-state index in [2.05, 4.69) is 263 Å². The number of hydrogen-bond donors (Lipinski definition) is 0. The molecule has 318 valence electrons. The number of anilines is 3. The van der Waals surface area contributed by atoms with Crippen LogP contribution in [0.1, 0.15) is 0 Å². The van der Waals surface area contributed by atoms with E-state index < -0.39 is 0 Å². The molecule has 3 heterocycles. The summed E-state index contributed by atoms with van der Waals surface area (Å²) < 4.78 is 7.39. The van der Waals surface area contributed by atoms with E-state index >= 15 is 0 Å². The summed E-state index contributed by atoms with van der Waals surface area (Å²) in [6.45, 7) is 0. The van der Waals surface area contributed by atoms with E-state index in [1.165, 1.54) is 91.2 Å². The molecule has 0 aliphatic rings. The van der Waals surface area contributed by atoms with Crippen LogP contribution >= 0.6 is 11.3 Å². The van der Waals surface area contributed by atoms with Crippen LogP contribution in [-0.2, 0) is 0 Å². The lowest BCUT2D eigenvalue weighted by Crippen LogP contribution is -2.11. The zero-order valence-electron chi connectivity index (χ0n) is 36.9. The summed E-state index contributed by atoms with van der Waals surface area (Å²) in [6, 6.07) is 91.3. The maximum Gasteiger partial charge on any atom is 0.0555 e. The van der Waals surface area contributed by atoms with Crippen molar-refractivity contribution in [1.82, 2.24) is 9.13 Å². The van der Waals surface area contributed by atoms with Crippen molar-refractivity contribution >= 4 is 103 Å². The topological polar surface area (TPSA) is 13.1 Å². The Morgan fingerprint density at radius 1 is 0.338 bits per heavy atom. The van der Waals surface area contributed by atoms with Crippen molar-refractivity contribution in [2.75, 3.05) is 4.90 Å². The van der Waals surface area contributed by atoms with Gasteiger partial charge in [0.15, 0.2) is 0 Å². The molecule has 0 aliphatic heterocycles. The van der Waals surface area contributed by atoms with Gasteiger partial charge in [-0.15, -0.1) is 11.3 Å². The molecule has 68 heavy (non-hydrogen) atoms.